The molecule has 2 aliphatic heterocycles. The number of aromatic nitrogens is 8. The second-order valence-corrected chi connectivity index (χ2v) is 10.7. The molecule has 0 aliphatic carbocycles. The van der Waals surface area contributed by atoms with Gasteiger partial charge in [-0.3, -0.25) is 0 Å². The summed E-state index contributed by atoms with van der Waals surface area (Å²) in [6.45, 7) is 0. The van der Waals surface area contributed by atoms with Crippen LogP contribution >= 0.6 is 11.9 Å². The molecule has 8 bridgehead atoms. The molecule has 43 heavy (non-hydrogen) atoms. The SMILES string of the molecule is Cl[O][Ti].c1ccc2c(c1)-c1nc-2nc2[nH]c(nc3nc(nc4[nH]c(n1)c1ccccc41)-c1ccccc1-3)c1ccccc21. The molecule has 0 unspecified atom stereocenters. The van der Waals surface area contributed by atoms with E-state index in [4.69, 9.17) is 29.9 Å². The van der Waals surface area contributed by atoms with Crippen LogP contribution in [0.5, 0.6) is 0 Å². The summed E-state index contributed by atoms with van der Waals surface area (Å²) in [6, 6.07) is 32.2. The maximum absolute atomic E-state index is 5.02. The third-order valence-corrected chi connectivity index (χ3v) is 7.46. The number of rotatable bonds is 0. The smallest absolute Gasteiger partial charge is 0.164 e. The van der Waals surface area contributed by atoms with Crippen LogP contribution in [0.4, 0.5) is 0 Å². The first-order valence-corrected chi connectivity index (χ1v) is 14.3. The minimum atomic E-state index is 0.597. The van der Waals surface area contributed by atoms with Gasteiger partial charge in [0, 0.05) is 43.8 Å². The van der Waals surface area contributed by atoms with E-state index in [2.05, 4.69) is 24.7 Å². The summed E-state index contributed by atoms with van der Waals surface area (Å²) in [4.78, 5) is 36.8. The van der Waals surface area contributed by atoms with E-state index in [0.717, 1.165) is 43.8 Å². The molecule has 9 rings (SSSR count). The van der Waals surface area contributed by atoms with Crippen LogP contribution in [0.15, 0.2) is 97.1 Å². The van der Waals surface area contributed by atoms with Crippen LogP contribution in [0.25, 0.3) is 89.7 Å². The summed E-state index contributed by atoms with van der Waals surface area (Å²) in [5.74, 6) is 2.39. The molecule has 0 atom stereocenters. The van der Waals surface area contributed by atoms with E-state index in [1.807, 2.05) is 97.1 Å². The molecular weight excluding hydrogens is 596 g/mol. The van der Waals surface area contributed by atoms with Gasteiger partial charge in [-0.05, 0) is 0 Å². The average Bonchev–Trinajstić information content (AvgIpc) is 3.77. The number of hydrogen-bond acceptors (Lipinski definition) is 7. The first-order chi connectivity index (χ1) is 21.2. The maximum atomic E-state index is 5.02. The molecule has 0 fully saturated rings. The zero-order valence-corrected chi connectivity index (χ0v) is 24.5. The standard InChI is InChI=1S/C32H18N8.ClO.Ti/c1-2-10-18-17(9-1)25-33-26(18)38-28-21-13-5-6-14-22(21)30(35-28)40-32-24-16-8-7-15-23(24)31(36-32)39-29-20-12-4-3-11-19(20)27(34-29)37-25;1-2;/h1-16H,(H2,33,34,35,36,37,38,39,40);;/q;-1;+1. The summed E-state index contributed by atoms with van der Waals surface area (Å²) in [7, 11) is 0. The van der Waals surface area contributed by atoms with E-state index in [-0.39, 0.29) is 0 Å². The first-order valence-electron chi connectivity index (χ1n) is 13.4. The average molecular weight is 614 g/mol. The van der Waals surface area contributed by atoms with E-state index in [1.54, 1.807) is 0 Å². The van der Waals surface area contributed by atoms with Gasteiger partial charge < -0.3 is 9.97 Å². The second kappa shape index (κ2) is 10.5. The molecule has 4 aromatic carbocycles. The Morgan fingerprint density at radius 2 is 0.651 bits per heavy atom. The molecule has 11 heteroatoms. The Kier molecular flexibility index (Phi) is 6.31. The maximum Gasteiger partial charge on any atom is 0.164 e. The number of benzene rings is 4. The minimum Gasteiger partial charge on any atom is -0.324 e. The summed E-state index contributed by atoms with van der Waals surface area (Å²) in [5, 5.41) is 3.82. The minimum absolute atomic E-state index is 0.597. The van der Waals surface area contributed by atoms with Crippen LogP contribution in [0, 0.1) is 0 Å². The quantitative estimate of drug-likeness (QED) is 0.170. The number of fused-ring (bicyclic) bond motifs is 20. The van der Waals surface area contributed by atoms with Crippen molar-refractivity contribution in [1.29, 1.82) is 0 Å². The first kappa shape index (κ1) is 25.9. The number of hydrogen-bond donors (Lipinski definition) is 2. The summed E-state index contributed by atoms with van der Waals surface area (Å²) < 4.78 is 3.72. The van der Waals surface area contributed by atoms with Gasteiger partial charge in [0.1, 0.15) is 22.6 Å². The molecule has 7 aromatic rings. The zero-order chi connectivity index (χ0) is 28.9. The predicted molar refractivity (Wildman–Crippen MR) is 163 cm³/mol. The van der Waals surface area contributed by atoms with Crippen LogP contribution in [0.1, 0.15) is 0 Å². The fraction of sp³-hybridized carbons (Fsp3) is 0. The van der Waals surface area contributed by atoms with Crippen molar-refractivity contribution in [3.05, 3.63) is 97.1 Å². The Labute approximate surface area is 261 Å². The van der Waals surface area contributed by atoms with Gasteiger partial charge >= 0.3 is 35.6 Å². The van der Waals surface area contributed by atoms with Crippen molar-refractivity contribution in [2.45, 2.75) is 0 Å². The normalized spacial score (nSPS) is 11.5. The summed E-state index contributed by atoms with van der Waals surface area (Å²) in [5.41, 5.74) is 6.45. The zero-order valence-electron chi connectivity index (χ0n) is 22.2. The number of nitrogens with zero attached hydrogens (tertiary/aromatic N) is 6. The molecule has 2 aliphatic rings. The van der Waals surface area contributed by atoms with E-state index in [9.17, 15) is 0 Å². The van der Waals surface area contributed by atoms with Gasteiger partial charge in [-0.15, -0.1) is 0 Å². The van der Waals surface area contributed by atoms with E-state index in [0.29, 0.717) is 45.9 Å². The molecule has 0 saturated carbocycles. The van der Waals surface area contributed by atoms with Crippen LogP contribution in [0.2, 0.25) is 0 Å². The Balaban J connectivity index is 0.000000892. The molecule has 9 nitrogen and oxygen atoms in total. The van der Waals surface area contributed by atoms with Crippen molar-refractivity contribution in [2.75, 3.05) is 0 Å². The molecule has 2 N–H and O–H groups in total. The van der Waals surface area contributed by atoms with Crippen LogP contribution in [0.3, 0.4) is 0 Å². The Bertz CT molecular complexity index is 2070. The molecule has 0 radical (unpaired) electrons. The molecule has 0 spiro atoms. The topological polar surface area (TPSA) is 118 Å². The van der Waals surface area contributed by atoms with Gasteiger partial charge in [0.2, 0.25) is 0 Å². The fourth-order valence-corrected chi connectivity index (χ4v) is 5.59. The van der Waals surface area contributed by atoms with Crippen molar-refractivity contribution in [3.8, 4) is 45.6 Å². The molecular formula is C32H18ClN8OTi. The molecule has 3 aromatic heterocycles. The number of nitrogens with one attached hydrogen (secondary N) is 2. The van der Waals surface area contributed by atoms with E-state index in [1.165, 1.54) is 20.8 Å². The Morgan fingerprint density at radius 1 is 0.419 bits per heavy atom. The van der Waals surface area contributed by atoms with Crippen LogP contribution in [-0.2, 0) is 23.7 Å². The molecule has 0 amide bonds. The third-order valence-electron chi connectivity index (χ3n) is 7.46. The Hall–Kier alpha value is -4.80. The van der Waals surface area contributed by atoms with Gasteiger partial charge in [0.05, 0.1) is 0 Å². The number of aromatic amines is 2. The molecule has 5 heterocycles. The van der Waals surface area contributed by atoms with E-state index < -0.39 is 0 Å². The van der Waals surface area contributed by atoms with Crippen molar-refractivity contribution < 1.29 is 23.7 Å². The fourth-order valence-electron chi connectivity index (χ4n) is 5.59. The van der Waals surface area contributed by atoms with Gasteiger partial charge in [-0.25, -0.2) is 29.9 Å². The van der Waals surface area contributed by atoms with Crippen molar-refractivity contribution in [2.24, 2.45) is 0 Å². The van der Waals surface area contributed by atoms with Gasteiger partial charge in [-0.1, -0.05) is 97.1 Å². The Morgan fingerprint density at radius 3 is 0.907 bits per heavy atom. The largest absolute Gasteiger partial charge is 0.324 e. The summed E-state index contributed by atoms with van der Waals surface area (Å²) >= 11 is 5.89. The van der Waals surface area contributed by atoms with Crippen molar-refractivity contribution in [3.63, 3.8) is 0 Å². The van der Waals surface area contributed by atoms with Crippen molar-refractivity contribution >= 4 is 56.0 Å². The van der Waals surface area contributed by atoms with Gasteiger partial charge in [0.15, 0.2) is 23.3 Å². The second-order valence-electron chi connectivity index (χ2n) is 9.87. The number of halogens is 1. The van der Waals surface area contributed by atoms with Crippen LogP contribution in [-0.4, -0.2) is 39.9 Å². The third kappa shape index (κ3) is 4.33. The summed E-state index contributed by atoms with van der Waals surface area (Å²) in [6.07, 6.45) is 0. The number of H-pyrrole nitrogens is 2. The molecule has 0 saturated heterocycles. The van der Waals surface area contributed by atoms with Gasteiger partial charge in [0.25, 0.3) is 0 Å². The molecule has 203 valence electrons. The predicted octanol–water partition coefficient (Wildman–Crippen LogP) is 7.49. The van der Waals surface area contributed by atoms with Crippen molar-refractivity contribution in [1.82, 2.24) is 39.9 Å². The monoisotopic (exact) mass is 613 g/mol. The van der Waals surface area contributed by atoms with Gasteiger partial charge in [-0.2, -0.15) is 0 Å². The van der Waals surface area contributed by atoms with Crippen LogP contribution < -0.4 is 0 Å². The van der Waals surface area contributed by atoms with E-state index >= 15 is 0 Å².